The van der Waals surface area contributed by atoms with E-state index in [1.54, 1.807) is 0 Å². The summed E-state index contributed by atoms with van der Waals surface area (Å²) in [6, 6.07) is 14.3. The maximum atomic E-state index is 5.99. The molecule has 1 aliphatic heterocycles. The van der Waals surface area contributed by atoms with Crippen molar-refractivity contribution in [2.45, 2.75) is 19.8 Å². The number of ether oxygens (including phenoxy) is 1. The Morgan fingerprint density at radius 2 is 2.00 bits per heavy atom. The largest absolute Gasteiger partial charge is 0.493 e. The van der Waals surface area contributed by atoms with Crippen molar-refractivity contribution in [3.63, 3.8) is 0 Å². The SMILES string of the molecule is Cc1ccc(NC(N)=NCC2COc3ccccc32)cc1C.I. The minimum absolute atomic E-state index is 0. The highest BCUT2D eigenvalue weighted by Gasteiger charge is 2.23. The molecule has 0 fully saturated rings. The van der Waals surface area contributed by atoms with Crippen LogP contribution in [0.1, 0.15) is 22.6 Å². The van der Waals surface area contributed by atoms with E-state index in [4.69, 9.17) is 10.5 Å². The third-order valence-corrected chi connectivity index (χ3v) is 4.06. The molecule has 4 nitrogen and oxygen atoms in total. The zero-order valence-corrected chi connectivity index (χ0v) is 15.7. The lowest BCUT2D eigenvalue weighted by molar-refractivity contribution is 0.333. The van der Waals surface area contributed by atoms with Gasteiger partial charge in [0.05, 0.1) is 13.2 Å². The molecule has 0 bridgehead atoms. The standard InChI is InChI=1S/C18H21N3O.HI/c1-12-7-8-15(9-13(12)2)21-18(19)20-10-14-11-22-17-6-4-3-5-16(14)17;/h3-9,14H,10-11H2,1-2H3,(H3,19,20,21);1H. The molecule has 0 saturated heterocycles. The number of anilines is 1. The van der Waals surface area contributed by atoms with E-state index < -0.39 is 0 Å². The Balaban J connectivity index is 0.00000192. The molecule has 3 N–H and O–H groups in total. The van der Waals surface area contributed by atoms with E-state index in [9.17, 15) is 0 Å². The highest BCUT2D eigenvalue weighted by atomic mass is 127. The highest BCUT2D eigenvalue weighted by molar-refractivity contribution is 14.0. The molecule has 5 heteroatoms. The number of benzene rings is 2. The average Bonchev–Trinajstić information content (AvgIpc) is 2.92. The fourth-order valence-corrected chi connectivity index (χ4v) is 2.60. The highest BCUT2D eigenvalue weighted by Crippen LogP contribution is 2.33. The molecular formula is C18H22IN3O. The Labute approximate surface area is 154 Å². The molecule has 122 valence electrons. The fraction of sp³-hybridized carbons (Fsp3) is 0.278. The summed E-state index contributed by atoms with van der Waals surface area (Å²) in [6.07, 6.45) is 0. The van der Waals surface area contributed by atoms with Gasteiger partial charge in [-0.05, 0) is 43.2 Å². The molecule has 3 rings (SSSR count). The van der Waals surface area contributed by atoms with Crippen molar-refractivity contribution in [2.24, 2.45) is 10.7 Å². The number of hydrogen-bond donors (Lipinski definition) is 2. The van der Waals surface area contributed by atoms with Crippen LogP contribution in [0, 0.1) is 13.8 Å². The van der Waals surface area contributed by atoms with Crippen LogP contribution in [-0.2, 0) is 0 Å². The average molecular weight is 423 g/mol. The first-order chi connectivity index (χ1) is 10.6. The predicted molar refractivity (Wildman–Crippen MR) is 106 cm³/mol. The number of halogens is 1. The van der Waals surface area contributed by atoms with Crippen molar-refractivity contribution < 1.29 is 4.74 Å². The molecule has 0 amide bonds. The van der Waals surface area contributed by atoms with Crippen molar-refractivity contribution in [1.82, 2.24) is 0 Å². The Bertz CT molecular complexity index is 715. The maximum Gasteiger partial charge on any atom is 0.193 e. The van der Waals surface area contributed by atoms with Gasteiger partial charge < -0.3 is 15.8 Å². The molecule has 1 atom stereocenters. The van der Waals surface area contributed by atoms with Gasteiger partial charge in [0.15, 0.2) is 5.96 Å². The van der Waals surface area contributed by atoms with Gasteiger partial charge in [-0.1, -0.05) is 24.3 Å². The molecule has 0 radical (unpaired) electrons. The zero-order chi connectivity index (χ0) is 15.5. The van der Waals surface area contributed by atoms with Crippen LogP contribution in [-0.4, -0.2) is 19.1 Å². The van der Waals surface area contributed by atoms with Crippen LogP contribution >= 0.6 is 24.0 Å². The van der Waals surface area contributed by atoms with Crippen molar-refractivity contribution >= 4 is 35.6 Å². The number of aryl methyl sites for hydroxylation is 2. The summed E-state index contributed by atoms with van der Waals surface area (Å²) in [5.74, 6) is 1.67. The number of rotatable bonds is 3. The van der Waals surface area contributed by atoms with Gasteiger partial charge in [0.25, 0.3) is 0 Å². The minimum atomic E-state index is 0. The van der Waals surface area contributed by atoms with E-state index in [-0.39, 0.29) is 29.9 Å². The summed E-state index contributed by atoms with van der Waals surface area (Å²) >= 11 is 0. The summed E-state index contributed by atoms with van der Waals surface area (Å²) in [4.78, 5) is 4.46. The molecule has 0 saturated carbocycles. The summed E-state index contributed by atoms with van der Waals surface area (Å²) in [7, 11) is 0. The third-order valence-electron chi connectivity index (χ3n) is 4.06. The Kier molecular flexibility index (Phi) is 5.87. The van der Waals surface area contributed by atoms with Gasteiger partial charge in [0, 0.05) is 17.2 Å². The monoisotopic (exact) mass is 423 g/mol. The molecule has 23 heavy (non-hydrogen) atoms. The van der Waals surface area contributed by atoms with E-state index in [1.165, 1.54) is 16.7 Å². The molecule has 2 aromatic rings. The normalized spacial score (nSPS) is 16.3. The van der Waals surface area contributed by atoms with Crippen LogP contribution in [0.2, 0.25) is 0 Å². The molecule has 1 aliphatic rings. The van der Waals surface area contributed by atoms with Crippen LogP contribution in [0.5, 0.6) is 5.75 Å². The smallest absolute Gasteiger partial charge is 0.193 e. The second kappa shape index (κ2) is 7.68. The van der Waals surface area contributed by atoms with Crippen LogP contribution in [0.15, 0.2) is 47.5 Å². The molecule has 0 aromatic heterocycles. The first-order valence-electron chi connectivity index (χ1n) is 7.49. The van der Waals surface area contributed by atoms with Gasteiger partial charge >= 0.3 is 0 Å². The Morgan fingerprint density at radius 1 is 1.22 bits per heavy atom. The molecule has 2 aromatic carbocycles. The van der Waals surface area contributed by atoms with Gasteiger partial charge in [-0.2, -0.15) is 0 Å². The van der Waals surface area contributed by atoms with E-state index in [2.05, 4.69) is 42.4 Å². The van der Waals surface area contributed by atoms with Crippen LogP contribution in [0.3, 0.4) is 0 Å². The van der Waals surface area contributed by atoms with E-state index >= 15 is 0 Å². The van der Waals surface area contributed by atoms with Crippen molar-refractivity contribution in [1.29, 1.82) is 0 Å². The molecule has 1 unspecified atom stereocenters. The topological polar surface area (TPSA) is 59.6 Å². The maximum absolute atomic E-state index is 5.99. The van der Waals surface area contributed by atoms with E-state index in [0.29, 0.717) is 19.1 Å². The number of hydrogen-bond acceptors (Lipinski definition) is 2. The van der Waals surface area contributed by atoms with E-state index in [0.717, 1.165) is 11.4 Å². The van der Waals surface area contributed by atoms with Crippen LogP contribution in [0.25, 0.3) is 0 Å². The molecular weight excluding hydrogens is 401 g/mol. The lowest BCUT2D eigenvalue weighted by atomic mass is 10.0. The number of fused-ring (bicyclic) bond motifs is 1. The number of nitrogens with zero attached hydrogens (tertiary/aromatic N) is 1. The minimum Gasteiger partial charge on any atom is -0.493 e. The van der Waals surface area contributed by atoms with Crippen molar-refractivity contribution in [2.75, 3.05) is 18.5 Å². The van der Waals surface area contributed by atoms with Crippen LogP contribution in [0.4, 0.5) is 5.69 Å². The summed E-state index contributed by atoms with van der Waals surface area (Å²) in [5.41, 5.74) is 10.7. The third kappa shape index (κ3) is 4.16. The number of para-hydroxylation sites is 1. The van der Waals surface area contributed by atoms with Gasteiger partial charge in [0.2, 0.25) is 0 Å². The quantitative estimate of drug-likeness (QED) is 0.448. The molecule has 0 spiro atoms. The zero-order valence-electron chi connectivity index (χ0n) is 13.4. The van der Waals surface area contributed by atoms with Gasteiger partial charge in [0.1, 0.15) is 5.75 Å². The van der Waals surface area contributed by atoms with Gasteiger partial charge in [-0.3, -0.25) is 4.99 Å². The molecule has 1 heterocycles. The Hall–Kier alpha value is -1.76. The summed E-state index contributed by atoms with van der Waals surface area (Å²) in [6.45, 7) is 5.47. The number of nitrogens with one attached hydrogen (secondary N) is 1. The van der Waals surface area contributed by atoms with Crippen LogP contribution < -0.4 is 15.8 Å². The fourth-order valence-electron chi connectivity index (χ4n) is 2.60. The second-order valence-corrected chi connectivity index (χ2v) is 5.70. The second-order valence-electron chi connectivity index (χ2n) is 5.70. The lowest BCUT2D eigenvalue weighted by Gasteiger charge is -2.09. The number of aliphatic imine (C=N–C) groups is 1. The summed E-state index contributed by atoms with van der Waals surface area (Å²) < 4.78 is 5.66. The molecule has 0 aliphatic carbocycles. The Morgan fingerprint density at radius 3 is 2.78 bits per heavy atom. The first-order valence-corrected chi connectivity index (χ1v) is 7.49. The number of guanidine groups is 1. The predicted octanol–water partition coefficient (Wildman–Crippen LogP) is 3.82. The van der Waals surface area contributed by atoms with Crippen molar-refractivity contribution in [3.8, 4) is 5.75 Å². The van der Waals surface area contributed by atoms with E-state index in [1.807, 2.05) is 24.3 Å². The van der Waals surface area contributed by atoms with Gasteiger partial charge in [-0.25, -0.2) is 0 Å². The summed E-state index contributed by atoms with van der Waals surface area (Å²) in [5, 5.41) is 3.14. The van der Waals surface area contributed by atoms with Gasteiger partial charge in [-0.15, -0.1) is 24.0 Å². The number of nitrogens with two attached hydrogens (primary N) is 1. The lowest BCUT2D eigenvalue weighted by Crippen LogP contribution is -2.23. The first kappa shape index (κ1) is 17.6. The van der Waals surface area contributed by atoms with Crippen molar-refractivity contribution in [3.05, 3.63) is 59.2 Å².